The molecule has 0 bridgehead atoms. The van der Waals surface area contributed by atoms with Crippen molar-refractivity contribution in [3.05, 3.63) is 29.8 Å². The minimum atomic E-state index is -4.22. The van der Waals surface area contributed by atoms with Gasteiger partial charge in [-0.25, -0.2) is 4.79 Å². The van der Waals surface area contributed by atoms with Gasteiger partial charge in [0.15, 0.2) is 5.78 Å². The Morgan fingerprint density at radius 2 is 1.84 bits per heavy atom. The quantitative estimate of drug-likeness (QED) is 0.701. The van der Waals surface area contributed by atoms with Crippen molar-refractivity contribution >= 4 is 11.8 Å². The van der Waals surface area contributed by atoms with Crippen LogP contribution in [0, 0.1) is 11.3 Å². The van der Waals surface area contributed by atoms with Gasteiger partial charge in [0.1, 0.15) is 24.4 Å². The summed E-state index contributed by atoms with van der Waals surface area (Å²) in [6.07, 6.45) is -2.64. The number of ketones is 1. The van der Waals surface area contributed by atoms with Gasteiger partial charge >= 0.3 is 12.2 Å². The van der Waals surface area contributed by atoms with Crippen LogP contribution < -0.4 is 4.74 Å². The second-order valence-electron chi connectivity index (χ2n) is 9.61. The van der Waals surface area contributed by atoms with E-state index in [1.54, 1.807) is 17.0 Å². The van der Waals surface area contributed by atoms with E-state index in [0.29, 0.717) is 38.3 Å². The molecule has 5 rings (SSSR count). The van der Waals surface area contributed by atoms with Gasteiger partial charge in [0.05, 0.1) is 6.10 Å². The molecule has 0 aromatic heterocycles. The Morgan fingerprint density at radius 3 is 2.50 bits per heavy atom. The summed E-state index contributed by atoms with van der Waals surface area (Å²) in [5.41, 5.74) is -0.630. The van der Waals surface area contributed by atoms with Gasteiger partial charge in [-0.05, 0) is 37.0 Å². The summed E-state index contributed by atoms with van der Waals surface area (Å²) < 4.78 is 50.1. The summed E-state index contributed by atoms with van der Waals surface area (Å²) in [6, 6.07) is 7.14. The lowest BCUT2D eigenvalue weighted by atomic mass is 9.87. The van der Waals surface area contributed by atoms with Crippen molar-refractivity contribution in [3.8, 4) is 5.75 Å². The van der Waals surface area contributed by atoms with Gasteiger partial charge in [-0.15, -0.1) is 0 Å². The lowest BCUT2D eigenvalue weighted by Gasteiger charge is -2.46. The van der Waals surface area contributed by atoms with E-state index in [2.05, 4.69) is 0 Å². The Bertz CT molecular complexity index is 878. The number of carbonyl (C=O) groups excluding carboxylic acids is 2. The van der Waals surface area contributed by atoms with Crippen molar-refractivity contribution in [3.63, 3.8) is 0 Å². The molecule has 0 radical (unpaired) electrons. The third kappa shape index (κ3) is 4.07. The van der Waals surface area contributed by atoms with E-state index in [9.17, 15) is 22.8 Å². The minimum absolute atomic E-state index is 0.000409. The van der Waals surface area contributed by atoms with Crippen LogP contribution in [0.25, 0.3) is 0 Å². The number of carbonyl (C=O) groups is 2. The predicted molar refractivity (Wildman–Crippen MR) is 108 cm³/mol. The normalized spacial score (nSPS) is 27.5. The van der Waals surface area contributed by atoms with Gasteiger partial charge in [-0.3, -0.25) is 4.79 Å². The van der Waals surface area contributed by atoms with Crippen LogP contribution in [-0.4, -0.2) is 73.3 Å². The molecule has 1 aliphatic carbocycles. The summed E-state index contributed by atoms with van der Waals surface area (Å²) in [6.45, 7) is 2.26. The van der Waals surface area contributed by atoms with Crippen molar-refractivity contribution in [1.82, 2.24) is 9.80 Å². The molecule has 32 heavy (non-hydrogen) atoms. The first kappa shape index (κ1) is 21.6. The fraction of sp³-hybridized carbons (Fsp3) is 0.652. The smallest absolute Gasteiger partial charge is 0.397 e. The second kappa shape index (κ2) is 7.93. The number of urea groups is 1. The third-order valence-electron chi connectivity index (χ3n) is 7.36. The van der Waals surface area contributed by atoms with Crippen molar-refractivity contribution < 1.29 is 32.2 Å². The summed E-state index contributed by atoms with van der Waals surface area (Å²) in [5.74, 6) is 0.826. The maximum absolute atomic E-state index is 13.0. The highest BCUT2D eigenvalue weighted by Gasteiger charge is 2.63. The Kier molecular flexibility index (Phi) is 5.34. The average molecular weight is 452 g/mol. The zero-order chi connectivity index (χ0) is 22.5. The maximum Gasteiger partial charge on any atom is 0.397 e. The summed E-state index contributed by atoms with van der Waals surface area (Å²) in [4.78, 5) is 28.1. The van der Waals surface area contributed by atoms with Crippen LogP contribution in [-0.2, 0) is 9.53 Å². The van der Waals surface area contributed by atoms with E-state index in [4.69, 9.17) is 9.47 Å². The van der Waals surface area contributed by atoms with Gasteiger partial charge < -0.3 is 19.3 Å². The minimum Gasteiger partial charge on any atom is -0.493 e. The summed E-state index contributed by atoms with van der Waals surface area (Å²) >= 11 is 0. The number of Topliss-reactive ketones (excluding diaryl/α,β-unsaturated/α-hetero) is 1. The number of halogens is 3. The molecule has 174 valence electrons. The third-order valence-corrected chi connectivity index (χ3v) is 7.36. The fourth-order valence-corrected chi connectivity index (χ4v) is 4.92. The molecule has 0 spiro atoms. The topological polar surface area (TPSA) is 59.1 Å². The van der Waals surface area contributed by atoms with Gasteiger partial charge in [0, 0.05) is 44.4 Å². The summed E-state index contributed by atoms with van der Waals surface area (Å²) in [7, 11) is 0. The maximum atomic E-state index is 13.0. The van der Waals surface area contributed by atoms with Crippen molar-refractivity contribution in [2.24, 2.45) is 11.3 Å². The molecule has 3 saturated heterocycles. The molecule has 2 amide bonds. The zero-order valence-electron chi connectivity index (χ0n) is 17.8. The SMILES string of the molecule is O=C1CO[C@H]2CCN(C(=O)N3CC(c4ccc(OCC5(C(F)(F)F)CC5)cc4)C3)C[C@H]2C1. The molecule has 3 aliphatic heterocycles. The molecule has 4 fully saturated rings. The number of fused-ring (bicyclic) bond motifs is 1. The van der Waals surface area contributed by atoms with Crippen LogP contribution >= 0.6 is 0 Å². The highest BCUT2D eigenvalue weighted by atomic mass is 19.4. The number of hydrogen-bond acceptors (Lipinski definition) is 4. The van der Waals surface area contributed by atoms with Crippen LogP contribution in [0.2, 0.25) is 0 Å². The first-order valence-electron chi connectivity index (χ1n) is 11.2. The monoisotopic (exact) mass is 452 g/mol. The molecule has 0 unspecified atom stereocenters. The van der Waals surface area contributed by atoms with Gasteiger partial charge in [-0.2, -0.15) is 13.2 Å². The predicted octanol–water partition coefficient (Wildman–Crippen LogP) is 3.61. The highest BCUT2D eigenvalue weighted by molar-refractivity contribution is 5.81. The number of benzene rings is 1. The van der Waals surface area contributed by atoms with Gasteiger partial charge in [-0.1, -0.05) is 12.1 Å². The van der Waals surface area contributed by atoms with Crippen molar-refractivity contribution in [1.29, 1.82) is 0 Å². The first-order chi connectivity index (χ1) is 15.2. The van der Waals surface area contributed by atoms with Crippen LogP contribution in [0.4, 0.5) is 18.0 Å². The largest absolute Gasteiger partial charge is 0.493 e. The Morgan fingerprint density at radius 1 is 1.12 bits per heavy atom. The van der Waals surface area contributed by atoms with E-state index in [1.807, 2.05) is 17.0 Å². The number of rotatable bonds is 4. The van der Waals surface area contributed by atoms with Crippen molar-refractivity contribution in [2.45, 2.75) is 43.9 Å². The molecular weight excluding hydrogens is 425 g/mol. The Hall–Kier alpha value is -2.29. The standard InChI is InChI=1S/C23H27F3N2O4/c24-23(25,26)22(6-7-22)14-32-19-3-1-15(2-4-19)17-11-28(12-17)21(30)27-8-5-20-16(10-27)9-18(29)13-31-20/h1-4,16-17,20H,5-14H2/t16-,20+/m1/s1. The number of ether oxygens (including phenoxy) is 2. The van der Waals surface area contributed by atoms with Crippen LogP contribution in [0.3, 0.4) is 0 Å². The van der Waals surface area contributed by atoms with Crippen LogP contribution in [0.5, 0.6) is 5.75 Å². The number of hydrogen-bond donors (Lipinski definition) is 0. The fourth-order valence-electron chi connectivity index (χ4n) is 4.92. The lowest BCUT2D eigenvalue weighted by Crippen LogP contribution is -2.58. The molecule has 0 N–H and O–H groups in total. The Labute approximate surface area is 184 Å². The molecule has 1 saturated carbocycles. The molecule has 1 aromatic rings. The van der Waals surface area contributed by atoms with Crippen LogP contribution in [0.15, 0.2) is 24.3 Å². The first-order valence-corrected chi connectivity index (χ1v) is 11.2. The summed E-state index contributed by atoms with van der Waals surface area (Å²) in [5, 5.41) is 0. The Balaban J connectivity index is 1.10. The van der Waals surface area contributed by atoms with E-state index in [1.165, 1.54) is 0 Å². The number of piperidine rings is 1. The van der Waals surface area contributed by atoms with Gasteiger partial charge in [0.2, 0.25) is 0 Å². The van der Waals surface area contributed by atoms with E-state index in [0.717, 1.165) is 12.0 Å². The van der Waals surface area contributed by atoms with Gasteiger partial charge in [0.25, 0.3) is 0 Å². The molecule has 9 heteroatoms. The average Bonchev–Trinajstić information content (AvgIpc) is 3.53. The van der Waals surface area contributed by atoms with E-state index >= 15 is 0 Å². The van der Waals surface area contributed by atoms with Crippen LogP contribution in [0.1, 0.15) is 37.2 Å². The molecule has 1 aromatic carbocycles. The number of likely N-dealkylation sites (tertiary alicyclic amines) is 2. The molecular formula is C23H27F3N2O4. The zero-order valence-corrected chi connectivity index (χ0v) is 17.8. The molecule has 4 aliphatic rings. The number of alkyl halides is 3. The lowest BCUT2D eigenvalue weighted by molar-refractivity contribution is -0.194. The molecule has 3 heterocycles. The van der Waals surface area contributed by atoms with E-state index in [-0.39, 0.29) is 55.8 Å². The van der Waals surface area contributed by atoms with Crippen molar-refractivity contribution in [2.75, 3.05) is 39.4 Å². The number of amides is 2. The second-order valence-corrected chi connectivity index (χ2v) is 9.61. The highest BCUT2D eigenvalue weighted by Crippen LogP contribution is 2.57. The molecule has 2 atom stereocenters. The van der Waals surface area contributed by atoms with E-state index < -0.39 is 11.6 Å². The molecule has 6 nitrogen and oxygen atoms in total. The number of nitrogens with zero attached hydrogens (tertiary/aromatic N) is 2.